The lowest BCUT2D eigenvalue weighted by Gasteiger charge is -2.17. The van der Waals surface area contributed by atoms with E-state index < -0.39 is 0 Å². The highest BCUT2D eigenvalue weighted by Gasteiger charge is 2.30. The van der Waals surface area contributed by atoms with Gasteiger partial charge >= 0.3 is 0 Å². The van der Waals surface area contributed by atoms with Gasteiger partial charge in [0.05, 0.1) is 13.5 Å². The van der Waals surface area contributed by atoms with E-state index in [0.29, 0.717) is 25.9 Å². The summed E-state index contributed by atoms with van der Waals surface area (Å²) in [6.45, 7) is 1.16. The number of thiophene rings is 1. The van der Waals surface area contributed by atoms with Crippen molar-refractivity contribution in [3.63, 3.8) is 0 Å². The lowest BCUT2D eigenvalue weighted by atomic mass is 10.1. The second-order valence-corrected chi connectivity index (χ2v) is 6.86. The van der Waals surface area contributed by atoms with Crippen LogP contribution in [0.25, 0.3) is 0 Å². The average Bonchev–Trinajstić information content (AvgIpc) is 3.22. The maximum absolute atomic E-state index is 12.2. The summed E-state index contributed by atoms with van der Waals surface area (Å²) in [5, 5.41) is 4.91. The van der Waals surface area contributed by atoms with Gasteiger partial charge in [-0.15, -0.1) is 11.3 Å². The number of hydrogen-bond donors (Lipinski definition) is 1. The number of amides is 2. The van der Waals surface area contributed by atoms with Crippen LogP contribution in [0.15, 0.2) is 41.8 Å². The molecule has 126 valence electrons. The summed E-state index contributed by atoms with van der Waals surface area (Å²) in [6.07, 6.45) is 0.867. The predicted molar refractivity (Wildman–Crippen MR) is 94.5 cm³/mol. The molecule has 2 heterocycles. The summed E-state index contributed by atoms with van der Waals surface area (Å²) in [5.41, 5.74) is 0.869. The van der Waals surface area contributed by atoms with Crippen LogP contribution in [0.5, 0.6) is 5.75 Å². The Morgan fingerprint density at radius 1 is 1.33 bits per heavy atom. The Kier molecular flexibility index (Phi) is 5.15. The standard InChI is InChI=1S/C18H20N2O3S/c1-23-15-6-4-14(5-7-15)20-12-13(9-18(20)22)11-19-17(21)10-16-3-2-8-24-16/h2-8,13H,9-12H2,1H3,(H,19,21)/t13-/m0/s1. The Balaban J connectivity index is 1.51. The van der Waals surface area contributed by atoms with Gasteiger partial charge in [-0.2, -0.15) is 0 Å². The van der Waals surface area contributed by atoms with E-state index >= 15 is 0 Å². The highest BCUT2D eigenvalue weighted by molar-refractivity contribution is 7.10. The van der Waals surface area contributed by atoms with Gasteiger partial charge in [-0.05, 0) is 35.7 Å². The molecule has 1 aromatic carbocycles. The first-order valence-electron chi connectivity index (χ1n) is 7.89. The number of ether oxygens (including phenoxy) is 1. The molecule has 3 rings (SSSR count). The van der Waals surface area contributed by atoms with Gasteiger partial charge < -0.3 is 15.0 Å². The van der Waals surface area contributed by atoms with Crippen molar-refractivity contribution in [2.75, 3.05) is 25.1 Å². The third-order valence-electron chi connectivity index (χ3n) is 4.09. The second kappa shape index (κ2) is 7.49. The van der Waals surface area contributed by atoms with Gasteiger partial charge in [-0.25, -0.2) is 0 Å². The number of rotatable bonds is 6. The van der Waals surface area contributed by atoms with Crippen LogP contribution in [0.1, 0.15) is 11.3 Å². The zero-order chi connectivity index (χ0) is 16.9. The van der Waals surface area contributed by atoms with E-state index in [1.54, 1.807) is 23.3 Å². The molecule has 1 fully saturated rings. The Bertz CT molecular complexity index is 698. The SMILES string of the molecule is COc1ccc(N2C[C@H](CNC(=O)Cc3cccs3)CC2=O)cc1. The minimum atomic E-state index is 0.00722. The molecule has 2 aromatic rings. The molecule has 0 bridgehead atoms. The molecular weight excluding hydrogens is 324 g/mol. The highest BCUT2D eigenvalue weighted by atomic mass is 32.1. The Hall–Kier alpha value is -2.34. The van der Waals surface area contributed by atoms with Crippen LogP contribution in [0, 0.1) is 5.92 Å². The molecule has 1 saturated heterocycles. The van der Waals surface area contributed by atoms with Gasteiger partial charge in [0.25, 0.3) is 0 Å². The number of carbonyl (C=O) groups excluding carboxylic acids is 2. The van der Waals surface area contributed by atoms with E-state index in [2.05, 4.69) is 5.32 Å². The number of methoxy groups -OCH3 is 1. The van der Waals surface area contributed by atoms with Crippen molar-refractivity contribution in [1.82, 2.24) is 5.32 Å². The summed E-state index contributed by atoms with van der Waals surface area (Å²) in [5.74, 6) is 1.01. The van der Waals surface area contributed by atoms with Crippen molar-refractivity contribution in [2.45, 2.75) is 12.8 Å². The van der Waals surface area contributed by atoms with Crippen LogP contribution >= 0.6 is 11.3 Å². The lowest BCUT2D eigenvalue weighted by molar-refractivity contribution is -0.121. The topological polar surface area (TPSA) is 58.6 Å². The minimum absolute atomic E-state index is 0.00722. The average molecular weight is 344 g/mol. The maximum Gasteiger partial charge on any atom is 0.227 e. The van der Waals surface area contributed by atoms with Gasteiger partial charge in [0.15, 0.2) is 0 Å². The predicted octanol–water partition coefficient (Wildman–Crippen LogP) is 2.47. The first kappa shape index (κ1) is 16.5. The third kappa shape index (κ3) is 3.94. The summed E-state index contributed by atoms with van der Waals surface area (Å²) >= 11 is 1.58. The maximum atomic E-state index is 12.2. The molecule has 1 aliphatic heterocycles. The van der Waals surface area contributed by atoms with Crippen molar-refractivity contribution >= 4 is 28.8 Å². The zero-order valence-corrected chi connectivity index (χ0v) is 14.3. The van der Waals surface area contributed by atoms with E-state index in [1.807, 2.05) is 41.8 Å². The number of hydrogen-bond acceptors (Lipinski definition) is 4. The van der Waals surface area contributed by atoms with E-state index in [9.17, 15) is 9.59 Å². The van der Waals surface area contributed by atoms with Crippen LogP contribution in [-0.2, 0) is 16.0 Å². The molecule has 1 atom stereocenters. The molecule has 1 aromatic heterocycles. The van der Waals surface area contributed by atoms with Crippen LogP contribution in [0.3, 0.4) is 0 Å². The summed E-state index contributed by atoms with van der Waals surface area (Å²) < 4.78 is 5.14. The smallest absolute Gasteiger partial charge is 0.227 e. The molecule has 0 spiro atoms. The minimum Gasteiger partial charge on any atom is -0.497 e. The Labute approximate surface area is 145 Å². The Morgan fingerprint density at radius 2 is 2.12 bits per heavy atom. The van der Waals surface area contributed by atoms with E-state index in [0.717, 1.165) is 16.3 Å². The van der Waals surface area contributed by atoms with E-state index in [4.69, 9.17) is 4.74 Å². The zero-order valence-electron chi connectivity index (χ0n) is 13.5. The first-order valence-corrected chi connectivity index (χ1v) is 8.77. The number of nitrogens with one attached hydrogen (secondary N) is 1. The van der Waals surface area contributed by atoms with Gasteiger partial charge in [-0.3, -0.25) is 9.59 Å². The molecule has 0 unspecified atom stereocenters. The van der Waals surface area contributed by atoms with Crippen LogP contribution < -0.4 is 15.0 Å². The van der Waals surface area contributed by atoms with Crippen LogP contribution in [-0.4, -0.2) is 32.0 Å². The molecule has 0 aliphatic carbocycles. The summed E-state index contributed by atoms with van der Waals surface area (Å²) in [4.78, 5) is 27.0. The number of nitrogens with zero attached hydrogens (tertiary/aromatic N) is 1. The molecule has 2 amide bonds. The molecule has 0 saturated carbocycles. The molecule has 0 radical (unpaired) electrons. The normalized spacial score (nSPS) is 17.1. The van der Waals surface area contributed by atoms with Crippen molar-refractivity contribution < 1.29 is 14.3 Å². The van der Waals surface area contributed by atoms with E-state index in [-0.39, 0.29) is 17.7 Å². The lowest BCUT2D eigenvalue weighted by Crippen LogP contribution is -2.32. The highest BCUT2D eigenvalue weighted by Crippen LogP contribution is 2.26. The summed E-state index contributed by atoms with van der Waals surface area (Å²) in [6, 6.07) is 11.4. The van der Waals surface area contributed by atoms with Crippen molar-refractivity contribution in [1.29, 1.82) is 0 Å². The largest absolute Gasteiger partial charge is 0.497 e. The van der Waals surface area contributed by atoms with Gasteiger partial charge in [-0.1, -0.05) is 6.07 Å². The second-order valence-electron chi connectivity index (χ2n) is 5.83. The fraction of sp³-hybridized carbons (Fsp3) is 0.333. The first-order chi connectivity index (χ1) is 11.7. The molecule has 5 nitrogen and oxygen atoms in total. The van der Waals surface area contributed by atoms with Crippen LogP contribution in [0.4, 0.5) is 5.69 Å². The fourth-order valence-corrected chi connectivity index (χ4v) is 3.53. The molecule has 24 heavy (non-hydrogen) atoms. The van der Waals surface area contributed by atoms with Crippen molar-refractivity contribution in [3.05, 3.63) is 46.7 Å². The number of benzene rings is 1. The van der Waals surface area contributed by atoms with Gasteiger partial charge in [0, 0.05) is 36.0 Å². The molecule has 1 aliphatic rings. The van der Waals surface area contributed by atoms with Crippen LogP contribution in [0.2, 0.25) is 0 Å². The van der Waals surface area contributed by atoms with E-state index in [1.165, 1.54) is 0 Å². The van der Waals surface area contributed by atoms with Gasteiger partial charge in [0.1, 0.15) is 5.75 Å². The molecular formula is C18H20N2O3S. The molecule has 1 N–H and O–H groups in total. The fourth-order valence-electron chi connectivity index (χ4n) is 2.82. The number of carbonyl (C=O) groups is 2. The quantitative estimate of drug-likeness (QED) is 0.876. The third-order valence-corrected chi connectivity index (χ3v) is 4.97. The monoisotopic (exact) mass is 344 g/mol. The van der Waals surface area contributed by atoms with Crippen molar-refractivity contribution in [2.24, 2.45) is 5.92 Å². The van der Waals surface area contributed by atoms with Crippen molar-refractivity contribution in [3.8, 4) is 5.75 Å². The Morgan fingerprint density at radius 3 is 2.79 bits per heavy atom. The van der Waals surface area contributed by atoms with Gasteiger partial charge in [0.2, 0.25) is 11.8 Å². The summed E-state index contributed by atoms with van der Waals surface area (Å²) in [7, 11) is 1.62. The molecule has 6 heteroatoms. The number of anilines is 1.